The Morgan fingerprint density at radius 1 is 1.18 bits per heavy atom. The second-order valence-corrected chi connectivity index (χ2v) is 8.37. The lowest BCUT2D eigenvalue weighted by molar-refractivity contribution is 0.101. The van der Waals surface area contributed by atoms with Crippen molar-refractivity contribution >= 4 is 34.1 Å². The van der Waals surface area contributed by atoms with E-state index in [0.29, 0.717) is 29.6 Å². The number of aromatic nitrogens is 5. The van der Waals surface area contributed by atoms with Gasteiger partial charge in [0.15, 0.2) is 11.6 Å². The first-order valence-corrected chi connectivity index (χ1v) is 10.7. The summed E-state index contributed by atoms with van der Waals surface area (Å²) in [5, 5.41) is 24.1. The number of nitriles is 1. The van der Waals surface area contributed by atoms with E-state index in [9.17, 15) is 10.1 Å². The highest BCUT2D eigenvalue weighted by molar-refractivity contribution is 5.99. The molecule has 2 N–H and O–H groups in total. The molecule has 3 aromatic heterocycles. The van der Waals surface area contributed by atoms with Crippen LogP contribution >= 0.6 is 0 Å². The van der Waals surface area contributed by atoms with Crippen LogP contribution in [0.5, 0.6) is 0 Å². The molecule has 0 saturated heterocycles. The maximum absolute atomic E-state index is 12.1. The Kier molecular flexibility index (Phi) is 4.98. The van der Waals surface area contributed by atoms with Crippen LogP contribution in [-0.4, -0.2) is 37.1 Å². The third-order valence-electron chi connectivity index (χ3n) is 5.81. The Labute approximate surface area is 190 Å². The van der Waals surface area contributed by atoms with E-state index in [1.807, 2.05) is 41.8 Å². The van der Waals surface area contributed by atoms with Gasteiger partial charge < -0.3 is 10.6 Å². The van der Waals surface area contributed by atoms with Gasteiger partial charge in [0, 0.05) is 12.2 Å². The average Bonchev–Trinajstić information content (AvgIpc) is 3.49. The lowest BCUT2D eigenvalue weighted by Gasteiger charge is -2.14. The number of nitrogens with one attached hydrogen (secondary N) is 2. The zero-order chi connectivity index (χ0) is 23.0. The molecule has 1 saturated carbocycles. The topological polar surface area (TPSA) is 121 Å². The molecule has 3 heterocycles. The van der Waals surface area contributed by atoms with E-state index in [1.54, 1.807) is 18.5 Å². The number of carbonyl (C=O) groups excluding carboxylic acids is 1. The van der Waals surface area contributed by atoms with E-state index >= 15 is 0 Å². The molecule has 0 unspecified atom stereocenters. The number of rotatable bonds is 7. The molecule has 1 aliphatic carbocycles. The molecule has 164 valence electrons. The van der Waals surface area contributed by atoms with Gasteiger partial charge in [0.1, 0.15) is 18.0 Å². The molecule has 0 bridgehead atoms. The van der Waals surface area contributed by atoms with Crippen LogP contribution in [0.3, 0.4) is 0 Å². The van der Waals surface area contributed by atoms with Crippen molar-refractivity contribution in [3.8, 4) is 11.9 Å². The van der Waals surface area contributed by atoms with Gasteiger partial charge in [-0.1, -0.05) is 0 Å². The number of pyridine rings is 1. The van der Waals surface area contributed by atoms with Gasteiger partial charge in [-0.05, 0) is 69.2 Å². The minimum atomic E-state index is -0.354. The van der Waals surface area contributed by atoms with Crippen LogP contribution < -0.4 is 10.6 Å². The van der Waals surface area contributed by atoms with E-state index in [2.05, 4.69) is 31.9 Å². The van der Waals surface area contributed by atoms with Gasteiger partial charge in [0.25, 0.3) is 0 Å². The highest BCUT2D eigenvalue weighted by Crippen LogP contribution is 2.44. The fourth-order valence-electron chi connectivity index (χ4n) is 3.62. The maximum atomic E-state index is 12.1. The van der Waals surface area contributed by atoms with E-state index in [-0.39, 0.29) is 11.2 Å². The number of ketones is 1. The highest BCUT2D eigenvalue weighted by Gasteiger charge is 2.43. The first-order valence-electron chi connectivity index (χ1n) is 10.7. The zero-order valence-corrected chi connectivity index (χ0v) is 18.3. The number of aryl methyl sites for hydroxylation is 1. The molecular weight excluding hydrogens is 416 g/mol. The standard InChI is InChI=1S/C24H22N8O/c1-15-3-7-21(31-30-15)28-17-4-6-19-20(11-17)32(14-27-19)22-8-5-18(16(2)33)23(29-22)26-13-24(12-25)9-10-24/h3-8,11,14H,9-10,13H2,1-2H3,(H,26,29)(H,28,31). The number of Topliss-reactive ketones (excluding diaryl/α,β-unsaturated/α-hetero) is 1. The largest absolute Gasteiger partial charge is 0.368 e. The third kappa shape index (κ3) is 4.11. The molecule has 33 heavy (non-hydrogen) atoms. The fourth-order valence-corrected chi connectivity index (χ4v) is 3.62. The van der Waals surface area contributed by atoms with Gasteiger partial charge in [0.2, 0.25) is 0 Å². The van der Waals surface area contributed by atoms with Crippen LogP contribution in [0.25, 0.3) is 16.9 Å². The van der Waals surface area contributed by atoms with Gasteiger partial charge >= 0.3 is 0 Å². The summed E-state index contributed by atoms with van der Waals surface area (Å²) < 4.78 is 1.87. The quantitative estimate of drug-likeness (QED) is 0.412. The van der Waals surface area contributed by atoms with Crippen LogP contribution in [0.15, 0.2) is 48.8 Å². The second kappa shape index (κ2) is 7.98. The maximum Gasteiger partial charge on any atom is 0.163 e. The summed E-state index contributed by atoms with van der Waals surface area (Å²) in [4.78, 5) is 21.3. The molecule has 0 amide bonds. The fraction of sp³-hybridized carbons (Fsp3) is 0.250. The summed E-state index contributed by atoms with van der Waals surface area (Å²) in [6.45, 7) is 3.87. The molecule has 5 rings (SSSR count). The van der Waals surface area contributed by atoms with Crippen molar-refractivity contribution in [3.05, 3.63) is 60.0 Å². The summed E-state index contributed by atoms with van der Waals surface area (Å²) in [7, 11) is 0. The Bertz CT molecular complexity index is 1400. The number of fused-ring (bicyclic) bond motifs is 1. The summed E-state index contributed by atoms with van der Waals surface area (Å²) in [6.07, 6.45) is 3.43. The number of benzene rings is 1. The minimum Gasteiger partial charge on any atom is -0.368 e. The van der Waals surface area contributed by atoms with E-state index in [1.165, 1.54) is 6.92 Å². The Hall–Kier alpha value is -4.32. The van der Waals surface area contributed by atoms with Crippen molar-refractivity contribution in [1.82, 2.24) is 24.7 Å². The number of carbonyl (C=O) groups is 1. The predicted octanol–water partition coefficient (Wildman–Crippen LogP) is 4.18. The SMILES string of the molecule is CC(=O)c1ccc(-n2cnc3ccc(Nc4ccc(C)nn4)cc32)nc1NCC1(C#N)CC1. The number of hydrogen-bond donors (Lipinski definition) is 2. The molecule has 9 heteroatoms. The zero-order valence-electron chi connectivity index (χ0n) is 18.3. The molecule has 1 aromatic carbocycles. The monoisotopic (exact) mass is 438 g/mol. The normalized spacial score (nSPS) is 14.0. The lowest BCUT2D eigenvalue weighted by atomic mass is 10.1. The number of hydrogen-bond acceptors (Lipinski definition) is 8. The molecule has 0 atom stereocenters. The van der Waals surface area contributed by atoms with E-state index < -0.39 is 0 Å². The first kappa shape index (κ1) is 20.6. The Balaban J connectivity index is 1.48. The molecule has 0 aliphatic heterocycles. The van der Waals surface area contributed by atoms with Crippen molar-refractivity contribution in [3.63, 3.8) is 0 Å². The third-order valence-corrected chi connectivity index (χ3v) is 5.81. The second-order valence-electron chi connectivity index (χ2n) is 8.37. The Morgan fingerprint density at radius 3 is 2.73 bits per heavy atom. The number of imidazole rings is 1. The van der Waals surface area contributed by atoms with Crippen molar-refractivity contribution < 1.29 is 4.79 Å². The molecule has 9 nitrogen and oxygen atoms in total. The highest BCUT2D eigenvalue weighted by atomic mass is 16.1. The van der Waals surface area contributed by atoms with Crippen LogP contribution in [0, 0.1) is 23.7 Å². The molecular formula is C24H22N8O. The lowest BCUT2D eigenvalue weighted by Crippen LogP contribution is -2.17. The summed E-state index contributed by atoms with van der Waals surface area (Å²) in [6, 6.07) is 15.5. The van der Waals surface area contributed by atoms with E-state index in [4.69, 9.17) is 4.98 Å². The minimum absolute atomic E-state index is 0.0838. The molecule has 1 aliphatic rings. The summed E-state index contributed by atoms with van der Waals surface area (Å²) >= 11 is 0. The summed E-state index contributed by atoms with van der Waals surface area (Å²) in [5.41, 5.74) is 3.49. The van der Waals surface area contributed by atoms with Gasteiger partial charge in [0.05, 0.1) is 33.8 Å². The molecule has 1 fully saturated rings. The summed E-state index contributed by atoms with van der Waals surface area (Å²) in [5.74, 6) is 1.67. The predicted molar refractivity (Wildman–Crippen MR) is 125 cm³/mol. The van der Waals surface area contributed by atoms with Gasteiger partial charge in [-0.2, -0.15) is 10.4 Å². The van der Waals surface area contributed by atoms with Gasteiger partial charge in [-0.25, -0.2) is 9.97 Å². The smallest absolute Gasteiger partial charge is 0.163 e. The van der Waals surface area contributed by atoms with Crippen LogP contribution in [0.4, 0.5) is 17.3 Å². The Morgan fingerprint density at radius 2 is 2.03 bits per heavy atom. The molecule has 4 aromatic rings. The van der Waals surface area contributed by atoms with Crippen LogP contribution in [-0.2, 0) is 0 Å². The van der Waals surface area contributed by atoms with E-state index in [0.717, 1.165) is 35.3 Å². The van der Waals surface area contributed by atoms with Crippen LogP contribution in [0.1, 0.15) is 35.8 Å². The van der Waals surface area contributed by atoms with Gasteiger partial charge in [-0.3, -0.25) is 9.36 Å². The molecule has 0 spiro atoms. The molecule has 0 radical (unpaired) electrons. The average molecular weight is 438 g/mol. The van der Waals surface area contributed by atoms with Crippen molar-refractivity contribution in [1.29, 1.82) is 5.26 Å². The van der Waals surface area contributed by atoms with Crippen molar-refractivity contribution in [2.75, 3.05) is 17.2 Å². The van der Waals surface area contributed by atoms with Crippen molar-refractivity contribution in [2.45, 2.75) is 26.7 Å². The number of nitrogens with zero attached hydrogens (tertiary/aromatic N) is 6. The van der Waals surface area contributed by atoms with Crippen molar-refractivity contribution in [2.24, 2.45) is 5.41 Å². The van der Waals surface area contributed by atoms with Crippen LogP contribution in [0.2, 0.25) is 0 Å². The number of anilines is 3. The van der Waals surface area contributed by atoms with Gasteiger partial charge in [-0.15, -0.1) is 5.10 Å². The first-order chi connectivity index (χ1) is 16.0.